The third kappa shape index (κ3) is 39.9. The van der Waals surface area contributed by atoms with E-state index < -0.39 is 5.97 Å². The minimum atomic E-state index is -0.803. The van der Waals surface area contributed by atoms with Crippen LogP contribution in [0.1, 0.15) is 284 Å². The Morgan fingerprint density at radius 3 is 0.583 bits per heavy atom. The molecule has 1 atom stereocenters. The van der Waals surface area contributed by atoms with Crippen LogP contribution in [0, 0.1) is 5.92 Å². The van der Waals surface area contributed by atoms with Crippen molar-refractivity contribution in [1.29, 1.82) is 0 Å². The van der Waals surface area contributed by atoms with Gasteiger partial charge in [0.05, 0.1) is 0 Å². The molecule has 0 amide bonds. The summed E-state index contributed by atoms with van der Waals surface area (Å²) in [6.45, 7) is 4.58. The minimum absolute atomic E-state index is 0.211. The normalized spacial score (nSPS) is 12.2. The van der Waals surface area contributed by atoms with Gasteiger partial charge >= 0.3 is 0 Å². The fraction of sp³-hybridized carbons (Fsp3) is 0.978. The van der Waals surface area contributed by atoms with Gasteiger partial charge in [0.15, 0.2) is 0 Å². The summed E-state index contributed by atoms with van der Waals surface area (Å²) in [5, 5.41) is 11.6. The van der Waals surface area contributed by atoms with Crippen molar-refractivity contribution in [3.05, 3.63) is 0 Å². The van der Waals surface area contributed by atoms with Gasteiger partial charge in [-0.2, -0.15) is 0 Å². The summed E-state index contributed by atoms with van der Waals surface area (Å²) in [5.74, 6) is -1.01. The lowest BCUT2D eigenvalue weighted by Crippen LogP contribution is -2.31. The molecule has 0 aliphatic carbocycles. The van der Waals surface area contributed by atoms with Crippen molar-refractivity contribution in [2.24, 2.45) is 5.92 Å². The molecule has 0 aromatic heterocycles. The summed E-state index contributed by atoms with van der Waals surface area (Å²) < 4.78 is 0. The number of hydrogen-bond donors (Lipinski definition) is 0. The van der Waals surface area contributed by atoms with Crippen molar-refractivity contribution >= 4 is 5.97 Å². The Hall–Kier alpha value is -0.530. The molecular formula is C46H91O2-. The minimum Gasteiger partial charge on any atom is -0.550 e. The number of carbonyl (C=O) groups excluding carboxylic acids is 1. The largest absolute Gasteiger partial charge is 0.550 e. The van der Waals surface area contributed by atoms with E-state index in [-0.39, 0.29) is 5.92 Å². The lowest BCUT2D eigenvalue weighted by molar-refractivity contribution is -0.312. The maximum absolute atomic E-state index is 11.6. The Balaban J connectivity index is 3.28. The smallest absolute Gasteiger partial charge is 0.0445 e. The van der Waals surface area contributed by atoms with E-state index in [1.54, 1.807) is 0 Å². The summed E-state index contributed by atoms with van der Waals surface area (Å²) >= 11 is 0. The first-order chi connectivity index (χ1) is 23.7. The zero-order valence-electron chi connectivity index (χ0n) is 33.6. The second-order valence-electron chi connectivity index (χ2n) is 16.0. The van der Waals surface area contributed by atoms with Crippen molar-refractivity contribution < 1.29 is 9.90 Å². The number of rotatable bonds is 43. The van der Waals surface area contributed by atoms with Gasteiger partial charge in [0, 0.05) is 5.97 Å². The van der Waals surface area contributed by atoms with Crippen LogP contribution < -0.4 is 5.11 Å². The van der Waals surface area contributed by atoms with Gasteiger partial charge in [0.1, 0.15) is 0 Å². The highest BCUT2D eigenvalue weighted by atomic mass is 16.4. The Morgan fingerprint density at radius 1 is 0.292 bits per heavy atom. The average molecular weight is 676 g/mol. The molecule has 0 aromatic rings. The third-order valence-corrected chi connectivity index (χ3v) is 11.1. The molecular weight excluding hydrogens is 585 g/mol. The van der Waals surface area contributed by atoms with Crippen LogP contribution in [0.5, 0.6) is 0 Å². The molecule has 0 rings (SSSR count). The predicted octanol–water partition coefficient (Wildman–Crippen LogP) is 15.8. The van der Waals surface area contributed by atoms with Crippen LogP contribution in [0.3, 0.4) is 0 Å². The highest BCUT2D eigenvalue weighted by Gasteiger charge is 2.09. The van der Waals surface area contributed by atoms with E-state index in [0.717, 1.165) is 25.7 Å². The van der Waals surface area contributed by atoms with Crippen molar-refractivity contribution in [2.45, 2.75) is 284 Å². The van der Waals surface area contributed by atoms with Crippen molar-refractivity contribution in [3.63, 3.8) is 0 Å². The van der Waals surface area contributed by atoms with Gasteiger partial charge in [0.25, 0.3) is 0 Å². The second kappa shape index (κ2) is 42.6. The number of carboxylic acids is 1. The number of hydrogen-bond acceptors (Lipinski definition) is 2. The Morgan fingerprint density at radius 2 is 0.438 bits per heavy atom. The standard InChI is InChI=1S/C46H92O2/c1-3-5-7-9-11-13-15-17-18-19-20-21-22-23-24-25-26-27-28-29-30-31-32-34-36-38-40-42-44-45(46(47)48)43-41-39-37-35-33-16-14-12-10-8-6-4-2/h45H,3-44H2,1-2H3,(H,47,48)/p-1. The molecule has 0 radical (unpaired) electrons. The number of carboxylic acid groups (broad SMARTS) is 1. The molecule has 0 spiro atoms. The fourth-order valence-corrected chi connectivity index (χ4v) is 7.67. The van der Waals surface area contributed by atoms with Gasteiger partial charge in [0.2, 0.25) is 0 Å². The Bertz CT molecular complexity index is 587. The summed E-state index contributed by atoms with van der Waals surface area (Å²) in [7, 11) is 0. The molecule has 0 saturated heterocycles. The monoisotopic (exact) mass is 676 g/mol. The number of carbonyl (C=O) groups is 1. The Kier molecular flexibility index (Phi) is 42.2. The molecule has 0 aliphatic heterocycles. The van der Waals surface area contributed by atoms with Crippen LogP contribution in [0.15, 0.2) is 0 Å². The van der Waals surface area contributed by atoms with Crippen LogP contribution >= 0.6 is 0 Å². The summed E-state index contributed by atoms with van der Waals surface area (Å²) in [6, 6.07) is 0. The van der Waals surface area contributed by atoms with E-state index in [4.69, 9.17) is 0 Å². The maximum Gasteiger partial charge on any atom is 0.0445 e. The molecule has 0 bridgehead atoms. The van der Waals surface area contributed by atoms with Gasteiger partial charge in [-0.3, -0.25) is 0 Å². The van der Waals surface area contributed by atoms with E-state index in [1.165, 1.54) is 244 Å². The molecule has 0 heterocycles. The van der Waals surface area contributed by atoms with Gasteiger partial charge in [-0.1, -0.05) is 271 Å². The molecule has 1 unspecified atom stereocenters. The highest BCUT2D eigenvalue weighted by Crippen LogP contribution is 2.20. The Labute approximate surface area is 304 Å². The first-order valence-corrected chi connectivity index (χ1v) is 22.9. The van der Waals surface area contributed by atoms with Crippen molar-refractivity contribution in [3.8, 4) is 0 Å². The van der Waals surface area contributed by atoms with E-state index >= 15 is 0 Å². The van der Waals surface area contributed by atoms with Crippen LogP contribution in [-0.2, 0) is 4.79 Å². The molecule has 0 N–H and O–H groups in total. The quantitative estimate of drug-likeness (QED) is 0.0603. The second-order valence-corrected chi connectivity index (χ2v) is 16.0. The third-order valence-electron chi connectivity index (χ3n) is 11.1. The van der Waals surface area contributed by atoms with Gasteiger partial charge in [-0.05, 0) is 18.8 Å². The maximum atomic E-state index is 11.6. The summed E-state index contributed by atoms with van der Waals surface area (Å²) in [5.41, 5.74) is 0. The zero-order valence-corrected chi connectivity index (χ0v) is 33.6. The molecule has 0 fully saturated rings. The predicted molar refractivity (Wildman–Crippen MR) is 214 cm³/mol. The first-order valence-electron chi connectivity index (χ1n) is 22.9. The molecule has 2 heteroatoms. The topological polar surface area (TPSA) is 40.1 Å². The fourth-order valence-electron chi connectivity index (χ4n) is 7.67. The van der Waals surface area contributed by atoms with Gasteiger partial charge in [-0.15, -0.1) is 0 Å². The molecule has 2 nitrogen and oxygen atoms in total. The van der Waals surface area contributed by atoms with Gasteiger partial charge in [-0.25, -0.2) is 0 Å². The van der Waals surface area contributed by atoms with E-state index in [2.05, 4.69) is 13.8 Å². The lowest BCUT2D eigenvalue weighted by Gasteiger charge is -2.17. The zero-order chi connectivity index (χ0) is 34.9. The van der Waals surface area contributed by atoms with Crippen LogP contribution in [0.4, 0.5) is 0 Å². The molecule has 0 aliphatic rings. The lowest BCUT2D eigenvalue weighted by atomic mass is 9.94. The van der Waals surface area contributed by atoms with E-state index in [0.29, 0.717) is 0 Å². The summed E-state index contributed by atoms with van der Waals surface area (Å²) in [4.78, 5) is 11.6. The van der Waals surface area contributed by atoms with Crippen LogP contribution in [0.25, 0.3) is 0 Å². The first kappa shape index (κ1) is 47.5. The summed E-state index contributed by atoms with van der Waals surface area (Å²) in [6.07, 6.45) is 57.2. The van der Waals surface area contributed by atoms with Crippen molar-refractivity contribution in [2.75, 3.05) is 0 Å². The number of unbranched alkanes of at least 4 members (excludes halogenated alkanes) is 38. The van der Waals surface area contributed by atoms with E-state index in [9.17, 15) is 9.90 Å². The van der Waals surface area contributed by atoms with Crippen LogP contribution in [0.2, 0.25) is 0 Å². The number of aliphatic carboxylic acids is 1. The molecule has 0 saturated carbocycles. The van der Waals surface area contributed by atoms with Gasteiger partial charge < -0.3 is 9.90 Å². The van der Waals surface area contributed by atoms with Crippen LogP contribution in [-0.4, -0.2) is 5.97 Å². The van der Waals surface area contributed by atoms with Crippen molar-refractivity contribution in [1.82, 2.24) is 0 Å². The SMILES string of the molecule is CCCCCCCCCCCCCCCCCCCCCCCCCCCCCCC(CCCCCCCCCCCCCC)C(=O)[O-]. The highest BCUT2D eigenvalue weighted by molar-refractivity contribution is 5.67. The molecule has 48 heavy (non-hydrogen) atoms. The van der Waals surface area contributed by atoms with E-state index in [1.807, 2.05) is 0 Å². The molecule has 288 valence electrons. The molecule has 0 aromatic carbocycles. The average Bonchev–Trinajstić information content (AvgIpc) is 3.08.